The molecule has 5 heteroatoms. The third-order valence-corrected chi connectivity index (χ3v) is 3.83. The van der Waals surface area contributed by atoms with Crippen LogP contribution in [0.1, 0.15) is 12.0 Å². The highest BCUT2D eigenvalue weighted by Gasteiger charge is 2.16. The maximum atomic E-state index is 12.0. The highest BCUT2D eigenvalue weighted by atomic mass is 79.9. The van der Waals surface area contributed by atoms with Crippen LogP contribution in [0.15, 0.2) is 22.7 Å². The summed E-state index contributed by atoms with van der Waals surface area (Å²) in [5, 5.41) is 0. The van der Waals surface area contributed by atoms with Gasteiger partial charge in [0, 0.05) is 19.5 Å². The van der Waals surface area contributed by atoms with Gasteiger partial charge in [-0.15, -0.1) is 0 Å². The molecule has 0 spiro atoms. The Kier molecular flexibility index (Phi) is 5.22. The molecule has 0 radical (unpaired) electrons. The van der Waals surface area contributed by atoms with Crippen LogP contribution >= 0.6 is 15.9 Å². The molecule has 4 nitrogen and oxygen atoms in total. The number of aryl methyl sites for hydroxylation is 1. The second-order valence-electron chi connectivity index (χ2n) is 4.46. The Morgan fingerprint density at radius 2 is 2.16 bits per heavy atom. The first-order valence-corrected chi connectivity index (χ1v) is 7.18. The molecule has 2 rings (SSSR count). The van der Waals surface area contributed by atoms with Gasteiger partial charge in [-0.2, -0.15) is 0 Å². The van der Waals surface area contributed by atoms with Crippen molar-refractivity contribution < 1.29 is 14.3 Å². The van der Waals surface area contributed by atoms with E-state index < -0.39 is 0 Å². The van der Waals surface area contributed by atoms with Gasteiger partial charge >= 0.3 is 0 Å². The van der Waals surface area contributed by atoms with Gasteiger partial charge in [-0.25, -0.2) is 0 Å². The number of ether oxygens (including phenoxy) is 2. The van der Waals surface area contributed by atoms with Crippen LogP contribution in [0, 0.1) is 0 Å². The van der Waals surface area contributed by atoms with Gasteiger partial charge in [-0.1, -0.05) is 6.07 Å². The van der Waals surface area contributed by atoms with E-state index in [0.29, 0.717) is 32.7 Å². The summed E-state index contributed by atoms with van der Waals surface area (Å²) in [7, 11) is 1.64. The summed E-state index contributed by atoms with van der Waals surface area (Å²) in [5.74, 6) is 1.01. The summed E-state index contributed by atoms with van der Waals surface area (Å²) < 4.78 is 11.3. The van der Waals surface area contributed by atoms with Crippen LogP contribution in [-0.4, -0.2) is 44.2 Å². The smallest absolute Gasteiger partial charge is 0.223 e. The van der Waals surface area contributed by atoms with Crippen LogP contribution < -0.4 is 4.74 Å². The molecular weight excluding hydrogens is 310 g/mol. The molecule has 1 heterocycles. The van der Waals surface area contributed by atoms with Gasteiger partial charge in [0.1, 0.15) is 5.75 Å². The lowest BCUT2D eigenvalue weighted by Crippen LogP contribution is -2.40. The third kappa shape index (κ3) is 3.94. The Morgan fingerprint density at radius 3 is 2.79 bits per heavy atom. The van der Waals surface area contributed by atoms with Gasteiger partial charge < -0.3 is 14.4 Å². The maximum Gasteiger partial charge on any atom is 0.223 e. The molecule has 0 aromatic heterocycles. The first kappa shape index (κ1) is 14.3. The zero-order valence-corrected chi connectivity index (χ0v) is 12.6. The summed E-state index contributed by atoms with van der Waals surface area (Å²) in [6.45, 7) is 2.73. The fraction of sp³-hybridized carbons (Fsp3) is 0.500. The highest BCUT2D eigenvalue weighted by molar-refractivity contribution is 9.10. The van der Waals surface area contributed by atoms with Crippen LogP contribution in [-0.2, 0) is 16.0 Å². The molecule has 1 aromatic carbocycles. The van der Waals surface area contributed by atoms with Crippen molar-refractivity contribution in [1.29, 1.82) is 0 Å². The molecule has 1 aliphatic heterocycles. The van der Waals surface area contributed by atoms with Crippen molar-refractivity contribution in [2.24, 2.45) is 0 Å². The molecular formula is C14H18BrNO3. The summed E-state index contributed by atoms with van der Waals surface area (Å²) in [4.78, 5) is 13.9. The zero-order chi connectivity index (χ0) is 13.7. The number of benzene rings is 1. The zero-order valence-electron chi connectivity index (χ0n) is 11.0. The third-order valence-electron chi connectivity index (χ3n) is 3.21. The molecule has 104 valence electrons. The lowest BCUT2D eigenvalue weighted by molar-refractivity contribution is -0.135. The molecule has 0 unspecified atom stereocenters. The Hall–Kier alpha value is -1.07. The molecule has 1 aliphatic rings. The van der Waals surface area contributed by atoms with Crippen molar-refractivity contribution >= 4 is 21.8 Å². The van der Waals surface area contributed by atoms with Crippen LogP contribution in [0.25, 0.3) is 0 Å². The molecule has 0 bridgehead atoms. The average Bonchev–Trinajstić information content (AvgIpc) is 2.46. The van der Waals surface area contributed by atoms with Crippen molar-refractivity contribution in [3.8, 4) is 5.75 Å². The van der Waals surface area contributed by atoms with Crippen molar-refractivity contribution in [3.63, 3.8) is 0 Å². The number of hydrogen-bond donors (Lipinski definition) is 0. The van der Waals surface area contributed by atoms with E-state index in [2.05, 4.69) is 15.9 Å². The second kappa shape index (κ2) is 6.91. The second-order valence-corrected chi connectivity index (χ2v) is 5.32. The molecule has 1 amide bonds. The minimum Gasteiger partial charge on any atom is -0.496 e. The number of nitrogens with zero attached hydrogens (tertiary/aromatic N) is 1. The maximum absolute atomic E-state index is 12.0. The molecule has 0 N–H and O–H groups in total. The van der Waals surface area contributed by atoms with E-state index in [0.717, 1.165) is 22.2 Å². The number of methoxy groups -OCH3 is 1. The summed E-state index contributed by atoms with van der Waals surface area (Å²) >= 11 is 3.45. The number of halogens is 1. The number of morpholine rings is 1. The fourth-order valence-electron chi connectivity index (χ4n) is 2.09. The minimum atomic E-state index is 0.204. The molecule has 0 atom stereocenters. The van der Waals surface area contributed by atoms with Crippen LogP contribution in [0.2, 0.25) is 0 Å². The monoisotopic (exact) mass is 327 g/mol. The quantitative estimate of drug-likeness (QED) is 0.851. The number of carbonyl (C=O) groups excluding carboxylic acids is 1. The van der Waals surface area contributed by atoms with Gasteiger partial charge in [-0.05, 0) is 40.0 Å². The molecule has 1 saturated heterocycles. The van der Waals surface area contributed by atoms with Crippen LogP contribution in [0.5, 0.6) is 5.75 Å². The SMILES string of the molecule is COc1ccc(CCC(=O)N2CCOCC2)cc1Br. The van der Waals surface area contributed by atoms with Crippen LogP contribution in [0.4, 0.5) is 0 Å². The van der Waals surface area contributed by atoms with E-state index in [1.807, 2.05) is 23.1 Å². The predicted octanol–water partition coefficient (Wildman–Crippen LogP) is 2.25. The largest absolute Gasteiger partial charge is 0.496 e. The van der Waals surface area contributed by atoms with Gasteiger partial charge in [0.15, 0.2) is 0 Å². The normalized spacial score (nSPS) is 15.4. The lowest BCUT2D eigenvalue weighted by Gasteiger charge is -2.26. The average molecular weight is 328 g/mol. The Morgan fingerprint density at radius 1 is 1.42 bits per heavy atom. The first-order chi connectivity index (χ1) is 9.20. The van der Waals surface area contributed by atoms with E-state index >= 15 is 0 Å². The van der Waals surface area contributed by atoms with Gasteiger partial charge in [0.05, 0.1) is 24.8 Å². The van der Waals surface area contributed by atoms with Gasteiger partial charge in [0.2, 0.25) is 5.91 Å². The van der Waals surface area contributed by atoms with E-state index in [4.69, 9.17) is 9.47 Å². The topological polar surface area (TPSA) is 38.8 Å². The molecule has 0 aliphatic carbocycles. The summed E-state index contributed by atoms with van der Waals surface area (Å²) in [5.41, 5.74) is 1.13. The van der Waals surface area contributed by atoms with E-state index in [-0.39, 0.29) is 5.91 Å². The van der Waals surface area contributed by atoms with E-state index in [9.17, 15) is 4.79 Å². The van der Waals surface area contributed by atoms with Crippen molar-refractivity contribution in [1.82, 2.24) is 4.90 Å². The number of amides is 1. The number of carbonyl (C=O) groups is 1. The molecule has 1 aromatic rings. The Balaban J connectivity index is 1.87. The summed E-state index contributed by atoms with van der Waals surface area (Å²) in [6, 6.07) is 5.92. The molecule has 0 saturated carbocycles. The molecule has 1 fully saturated rings. The number of rotatable bonds is 4. The van der Waals surface area contributed by atoms with Crippen molar-refractivity contribution in [2.75, 3.05) is 33.4 Å². The minimum absolute atomic E-state index is 0.204. The predicted molar refractivity (Wildman–Crippen MR) is 76.4 cm³/mol. The standard InChI is InChI=1S/C14H18BrNO3/c1-18-13-4-2-11(10-12(13)15)3-5-14(17)16-6-8-19-9-7-16/h2,4,10H,3,5-9H2,1H3. The number of hydrogen-bond acceptors (Lipinski definition) is 3. The fourth-order valence-corrected chi connectivity index (χ4v) is 2.68. The van der Waals surface area contributed by atoms with Crippen molar-refractivity contribution in [3.05, 3.63) is 28.2 Å². The summed E-state index contributed by atoms with van der Waals surface area (Å²) in [6.07, 6.45) is 1.29. The highest BCUT2D eigenvalue weighted by Crippen LogP contribution is 2.26. The van der Waals surface area contributed by atoms with E-state index in [1.165, 1.54) is 0 Å². The van der Waals surface area contributed by atoms with Gasteiger partial charge in [-0.3, -0.25) is 4.79 Å². The van der Waals surface area contributed by atoms with E-state index in [1.54, 1.807) is 7.11 Å². The Bertz CT molecular complexity index is 444. The Labute approximate surface area is 121 Å². The van der Waals surface area contributed by atoms with Crippen LogP contribution in [0.3, 0.4) is 0 Å². The van der Waals surface area contributed by atoms with Gasteiger partial charge in [0.25, 0.3) is 0 Å². The molecule has 19 heavy (non-hydrogen) atoms. The first-order valence-electron chi connectivity index (χ1n) is 6.38. The lowest BCUT2D eigenvalue weighted by atomic mass is 10.1. The van der Waals surface area contributed by atoms with Crippen molar-refractivity contribution in [2.45, 2.75) is 12.8 Å².